The van der Waals surface area contributed by atoms with Crippen molar-refractivity contribution < 1.29 is 9.53 Å². The Kier molecular flexibility index (Phi) is 3.30. The van der Waals surface area contributed by atoms with Crippen molar-refractivity contribution in [1.82, 2.24) is 4.98 Å². The van der Waals surface area contributed by atoms with Crippen LogP contribution in [0.1, 0.15) is 32.3 Å². The zero-order valence-corrected chi connectivity index (χ0v) is 12.8. The Hall–Kier alpha value is -1.46. The topological polar surface area (TPSA) is 77.2 Å². The van der Waals surface area contributed by atoms with E-state index in [2.05, 4.69) is 10.3 Å². The first-order chi connectivity index (χ1) is 9.89. The number of pyridine rings is 1. The van der Waals surface area contributed by atoms with Gasteiger partial charge in [0.1, 0.15) is 5.54 Å². The summed E-state index contributed by atoms with van der Waals surface area (Å²) in [5, 5.41) is 2.98. The van der Waals surface area contributed by atoms with Gasteiger partial charge in [0.15, 0.2) is 0 Å². The van der Waals surface area contributed by atoms with E-state index in [1.807, 2.05) is 20.8 Å². The van der Waals surface area contributed by atoms with Crippen molar-refractivity contribution in [2.45, 2.75) is 45.3 Å². The van der Waals surface area contributed by atoms with Crippen molar-refractivity contribution in [2.24, 2.45) is 17.1 Å². The van der Waals surface area contributed by atoms with E-state index in [1.165, 1.54) is 0 Å². The normalized spacial score (nSPS) is 33.7. The summed E-state index contributed by atoms with van der Waals surface area (Å²) in [5.74, 6) is -0.0167. The van der Waals surface area contributed by atoms with Gasteiger partial charge in [0.05, 0.1) is 6.10 Å². The molecule has 0 bridgehead atoms. The molecule has 2 heterocycles. The summed E-state index contributed by atoms with van der Waals surface area (Å²) in [4.78, 5) is 16.9. The molecule has 0 aromatic carbocycles. The molecule has 1 amide bonds. The van der Waals surface area contributed by atoms with Gasteiger partial charge in [-0.25, -0.2) is 0 Å². The first-order valence-electron chi connectivity index (χ1n) is 7.51. The number of carbonyl (C=O) groups is 1. The molecule has 2 aliphatic rings. The molecule has 5 heteroatoms. The number of ether oxygens (including phenoxy) is 1. The number of nitrogens with zero attached hydrogens (tertiary/aromatic N) is 1. The van der Waals surface area contributed by atoms with Crippen LogP contribution in [0.15, 0.2) is 18.5 Å². The second kappa shape index (κ2) is 4.78. The number of hydrogen-bond donors (Lipinski definition) is 2. The SMILES string of the molecule is Cc1cnccc1NC(=O)C1(N)C2CCCOC2C1(C)C. The fraction of sp³-hybridized carbons (Fsp3) is 0.625. The van der Waals surface area contributed by atoms with Crippen LogP contribution in [-0.2, 0) is 9.53 Å². The van der Waals surface area contributed by atoms with E-state index in [-0.39, 0.29) is 23.3 Å². The van der Waals surface area contributed by atoms with Crippen molar-refractivity contribution in [3.8, 4) is 0 Å². The molecule has 1 aliphatic carbocycles. The Labute approximate surface area is 125 Å². The molecule has 0 radical (unpaired) electrons. The van der Waals surface area contributed by atoms with Gasteiger partial charge in [-0.3, -0.25) is 9.78 Å². The van der Waals surface area contributed by atoms with Crippen LogP contribution < -0.4 is 11.1 Å². The molecule has 3 atom stereocenters. The molecule has 1 saturated heterocycles. The van der Waals surface area contributed by atoms with E-state index < -0.39 is 5.54 Å². The fourth-order valence-corrected chi connectivity index (χ4v) is 3.88. The summed E-state index contributed by atoms with van der Waals surface area (Å²) in [6.07, 6.45) is 5.41. The third-order valence-corrected chi connectivity index (χ3v) is 5.33. The van der Waals surface area contributed by atoms with Crippen LogP contribution in [0, 0.1) is 18.3 Å². The summed E-state index contributed by atoms with van der Waals surface area (Å²) in [6.45, 7) is 6.74. The third kappa shape index (κ3) is 1.91. The molecule has 5 nitrogen and oxygen atoms in total. The number of aryl methyl sites for hydroxylation is 1. The van der Waals surface area contributed by atoms with Crippen LogP contribution in [-0.4, -0.2) is 29.1 Å². The highest BCUT2D eigenvalue weighted by Crippen LogP contribution is 2.57. The molecular formula is C16H23N3O2. The average molecular weight is 289 g/mol. The summed E-state index contributed by atoms with van der Waals surface area (Å²) >= 11 is 0. The second-order valence-electron chi connectivity index (χ2n) is 6.78. The lowest BCUT2D eigenvalue weighted by Gasteiger charge is -2.65. The molecule has 3 N–H and O–H groups in total. The molecule has 0 spiro atoms. The molecule has 21 heavy (non-hydrogen) atoms. The minimum Gasteiger partial charge on any atom is -0.377 e. The number of hydrogen-bond acceptors (Lipinski definition) is 4. The first-order valence-corrected chi connectivity index (χ1v) is 7.51. The Bertz CT molecular complexity index is 572. The van der Waals surface area contributed by atoms with Crippen LogP contribution >= 0.6 is 0 Å². The Balaban J connectivity index is 1.85. The lowest BCUT2D eigenvalue weighted by molar-refractivity contribution is -0.222. The van der Waals surface area contributed by atoms with E-state index in [1.54, 1.807) is 18.5 Å². The van der Waals surface area contributed by atoms with Gasteiger partial charge in [0.2, 0.25) is 5.91 Å². The van der Waals surface area contributed by atoms with Gasteiger partial charge in [-0.2, -0.15) is 0 Å². The minimum absolute atomic E-state index is 0.0838. The number of aromatic nitrogens is 1. The van der Waals surface area contributed by atoms with Gasteiger partial charge in [-0.05, 0) is 31.4 Å². The molecule has 1 aromatic heterocycles. The highest BCUT2D eigenvalue weighted by Gasteiger charge is 2.70. The van der Waals surface area contributed by atoms with Crippen LogP contribution in [0.3, 0.4) is 0 Å². The van der Waals surface area contributed by atoms with Gasteiger partial charge in [-0.15, -0.1) is 0 Å². The monoisotopic (exact) mass is 289 g/mol. The Morgan fingerprint density at radius 1 is 1.52 bits per heavy atom. The lowest BCUT2D eigenvalue weighted by atomic mass is 9.46. The molecule has 3 rings (SSSR count). The number of rotatable bonds is 2. The van der Waals surface area contributed by atoms with E-state index in [4.69, 9.17) is 10.5 Å². The van der Waals surface area contributed by atoms with E-state index in [0.717, 1.165) is 30.7 Å². The minimum atomic E-state index is -0.881. The first kappa shape index (κ1) is 14.5. The second-order valence-corrected chi connectivity index (χ2v) is 6.78. The number of carbonyl (C=O) groups excluding carboxylic acids is 1. The molecule has 1 aliphatic heterocycles. The standard InChI is InChI=1S/C16H23N3O2/c1-10-9-18-7-6-12(10)19-14(20)16(17)11-5-4-8-21-13(11)15(16,2)3/h6-7,9,11,13H,4-5,8,17H2,1-3H3,(H,18,19,20). The van der Waals surface area contributed by atoms with Gasteiger partial charge >= 0.3 is 0 Å². The van der Waals surface area contributed by atoms with Gasteiger partial charge in [0, 0.05) is 36.0 Å². The van der Waals surface area contributed by atoms with Crippen molar-refractivity contribution in [3.63, 3.8) is 0 Å². The maximum atomic E-state index is 12.8. The summed E-state index contributed by atoms with van der Waals surface area (Å²) < 4.78 is 5.84. The third-order valence-electron chi connectivity index (χ3n) is 5.33. The zero-order valence-electron chi connectivity index (χ0n) is 12.8. The van der Waals surface area contributed by atoms with Crippen molar-refractivity contribution in [2.75, 3.05) is 11.9 Å². The van der Waals surface area contributed by atoms with Crippen LogP contribution in [0.25, 0.3) is 0 Å². The summed E-state index contributed by atoms with van der Waals surface area (Å²) in [5.41, 5.74) is 7.04. The quantitative estimate of drug-likeness (QED) is 0.871. The van der Waals surface area contributed by atoms with Crippen LogP contribution in [0.2, 0.25) is 0 Å². The van der Waals surface area contributed by atoms with Crippen LogP contribution in [0.4, 0.5) is 5.69 Å². The van der Waals surface area contributed by atoms with Gasteiger partial charge < -0.3 is 15.8 Å². The zero-order chi connectivity index (χ0) is 15.3. The maximum absolute atomic E-state index is 12.8. The largest absolute Gasteiger partial charge is 0.377 e. The molecule has 3 unspecified atom stereocenters. The number of nitrogens with two attached hydrogens (primary N) is 1. The number of nitrogens with one attached hydrogen (secondary N) is 1. The predicted molar refractivity (Wildman–Crippen MR) is 80.8 cm³/mol. The van der Waals surface area contributed by atoms with Gasteiger partial charge in [0.25, 0.3) is 0 Å². The van der Waals surface area contributed by atoms with Crippen LogP contribution in [0.5, 0.6) is 0 Å². The predicted octanol–water partition coefficient (Wildman–Crippen LogP) is 1.86. The number of anilines is 1. The molecule has 1 saturated carbocycles. The average Bonchev–Trinajstić information content (AvgIpc) is 2.48. The molecule has 2 fully saturated rings. The maximum Gasteiger partial charge on any atom is 0.245 e. The highest BCUT2D eigenvalue weighted by atomic mass is 16.5. The lowest BCUT2D eigenvalue weighted by Crippen LogP contribution is -2.81. The number of amides is 1. The van der Waals surface area contributed by atoms with E-state index in [0.29, 0.717) is 0 Å². The Morgan fingerprint density at radius 3 is 3.00 bits per heavy atom. The summed E-state index contributed by atoms with van der Waals surface area (Å²) in [6, 6.07) is 1.80. The molecule has 1 aromatic rings. The number of fused-ring (bicyclic) bond motifs is 1. The fourth-order valence-electron chi connectivity index (χ4n) is 3.88. The summed E-state index contributed by atoms with van der Waals surface area (Å²) in [7, 11) is 0. The molecule has 114 valence electrons. The van der Waals surface area contributed by atoms with Crippen molar-refractivity contribution in [3.05, 3.63) is 24.0 Å². The van der Waals surface area contributed by atoms with E-state index >= 15 is 0 Å². The molecular weight excluding hydrogens is 266 g/mol. The van der Waals surface area contributed by atoms with Crippen molar-refractivity contribution >= 4 is 11.6 Å². The Morgan fingerprint density at radius 2 is 2.29 bits per heavy atom. The van der Waals surface area contributed by atoms with Gasteiger partial charge in [-0.1, -0.05) is 13.8 Å². The van der Waals surface area contributed by atoms with Crippen molar-refractivity contribution in [1.29, 1.82) is 0 Å². The highest BCUT2D eigenvalue weighted by molar-refractivity contribution is 6.00. The smallest absolute Gasteiger partial charge is 0.245 e. The van der Waals surface area contributed by atoms with E-state index in [9.17, 15) is 4.79 Å².